The number of amides is 1. The molecule has 2 bridgehead atoms. The summed E-state index contributed by atoms with van der Waals surface area (Å²) in [5.41, 5.74) is 3.65. The van der Waals surface area contributed by atoms with Crippen LogP contribution in [-0.2, 0) is 14.9 Å². The Hall–Kier alpha value is -2.05. The van der Waals surface area contributed by atoms with Gasteiger partial charge in [-0.1, -0.05) is 6.08 Å². The number of methoxy groups -OCH3 is 1. The third-order valence-electron chi connectivity index (χ3n) is 8.79. The molecule has 4 fully saturated rings. The maximum atomic E-state index is 13.3. The highest BCUT2D eigenvalue weighted by molar-refractivity contribution is 5.99. The third kappa shape index (κ3) is 1.56. The largest absolute Gasteiger partial charge is 0.504 e. The number of carbonyl (C=O) groups is 1. The lowest BCUT2D eigenvalue weighted by atomic mass is 9.53. The number of rotatable bonds is 1. The van der Waals surface area contributed by atoms with E-state index in [4.69, 9.17) is 9.47 Å². The SMILES string of the molecule is COc1cc2c(cc1O)N1C(=O)C[C@@H]3OCC=C4C[NH+]5CC[C@@]26[C@@H]1[C@H]3[C@H]4C[C@H]56. The van der Waals surface area contributed by atoms with Crippen molar-refractivity contribution in [3.8, 4) is 11.5 Å². The first-order chi connectivity index (χ1) is 13.6. The van der Waals surface area contributed by atoms with Gasteiger partial charge in [-0.25, -0.2) is 0 Å². The van der Waals surface area contributed by atoms with E-state index in [2.05, 4.69) is 11.0 Å². The molecule has 0 aromatic heterocycles. The molecule has 1 aliphatic carbocycles. The maximum absolute atomic E-state index is 13.3. The van der Waals surface area contributed by atoms with Crippen LogP contribution < -0.4 is 14.5 Å². The summed E-state index contributed by atoms with van der Waals surface area (Å²) < 4.78 is 11.7. The van der Waals surface area contributed by atoms with Crippen molar-refractivity contribution >= 4 is 11.6 Å². The summed E-state index contributed by atoms with van der Waals surface area (Å²) in [5, 5.41) is 10.5. The summed E-state index contributed by atoms with van der Waals surface area (Å²) in [5.74, 6) is 1.65. The summed E-state index contributed by atoms with van der Waals surface area (Å²) in [6.45, 7) is 2.91. The van der Waals surface area contributed by atoms with E-state index in [1.807, 2.05) is 6.07 Å². The monoisotopic (exact) mass is 381 g/mol. The minimum absolute atomic E-state index is 0.0114. The summed E-state index contributed by atoms with van der Waals surface area (Å²) in [6, 6.07) is 4.47. The van der Waals surface area contributed by atoms with Gasteiger partial charge in [0.15, 0.2) is 11.5 Å². The van der Waals surface area contributed by atoms with Gasteiger partial charge in [0.2, 0.25) is 5.91 Å². The second-order valence-electron chi connectivity index (χ2n) is 9.45. The van der Waals surface area contributed by atoms with Crippen molar-refractivity contribution in [2.24, 2.45) is 11.8 Å². The molecule has 0 radical (unpaired) electrons. The van der Waals surface area contributed by atoms with Gasteiger partial charge in [0.05, 0.1) is 56.5 Å². The van der Waals surface area contributed by atoms with Gasteiger partial charge in [-0.15, -0.1) is 0 Å². The first-order valence-electron chi connectivity index (χ1n) is 10.5. The number of phenols is 1. The topological polar surface area (TPSA) is 63.4 Å². The van der Waals surface area contributed by atoms with Crippen LogP contribution in [0.5, 0.6) is 11.5 Å². The predicted octanol–water partition coefficient (Wildman–Crippen LogP) is 0.390. The highest BCUT2D eigenvalue weighted by Gasteiger charge is 2.73. The van der Waals surface area contributed by atoms with Crippen molar-refractivity contribution in [1.29, 1.82) is 0 Å². The van der Waals surface area contributed by atoms with Gasteiger partial charge >= 0.3 is 0 Å². The average Bonchev–Trinajstić information content (AvgIpc) is 3.14. The second-order valence-corrected chi connectivity index (χ2v) is 9.45. The van der Waals surface area contributed by atoms with E-state index in [1.165, 1.54) is 12.0 Å². The first kappa shape index (κ1) is 15.8. The van der Waals surface area contributed by atoms with Crippen LogP contribution in [0.2, 0.25) is 0 Å². The molecule has 6 heteroatoms. The van der Waals surface area contributed by atoms with E-state index in [0.29, 0.717) is 36.7 Å². The van der Waals surface area contributed by atoms with Crippen LogP contribution in [-0.4, -0.2) is 56.0 Å². The number of quaternary nitrogens is 1. The quantitative estimate of drug-likeness (QED) is 0.691. The molecule has 1 amide bonds. The van der Waals surface area contributed by atoms with Crippen LogP contribution in [0.15, 0.2) is 23.8 Å². The number of hydrogen-bond acceptors (Lipinski definition) is 4. The van der Waals surface area contributed by atoms with Crippen molar-refractivity contribution in [2.75, 3.05) is 31.7 Å². The summed E-state index contributed by atoms with van der Waals surface area (Å²) >= 11 is 0. The minimum atomic E-state index is -0.0413. The van der Waals surface area contributed by atoms with Crippen molar-refractivity contribution in [1.82, 2.24) is 0 Å². The van der Waals surface area contributed by atoms with Gasteiger partial charge in [0.25, 0.3) is 0 Å². The number of piperidine rings is 2. The first-order valence-corrected chi connectivity index (χ1v) is 10.5. The molecule has 6 aliphatic rings. The highest BCUT2D eigenvalue weighted by Crippen LogP contribution is 2.63. The number of aromatic hydroxyl groups is 1. The number of benzene rings is 1. The lowest BCUT2D eigenvalue weighted by molar-refractivity contribution is -0.916. The van der Waals surface area contributed by atoms with Crippen molar-refractivity contribution < 1.29 is 24.3 Å². The number of hydrogen-bond donors (Lipinski definition) is 2. The van der Waals surface area contributed by atoms with Gasteiger partial charge in [0.1, 0.15) is 6.04 Å². The molecule has 6 nitrogen and oxygen atoms in total. The van der Waals surface area contributed by atoms with E-state index < -0.39 is 0 Å². The Morgan fingerprint density at radius 2 is 2.29 bits per heavy atom. The Balaban J connectivity index is 1.53. The van der Waals surface area contributed by atoms with E-state index in [9.17, 15) is 9.90 Å². The average molecular weight is 381 g/mol. The number of nitrogens with one attached hydrogen (secondary N) is 1. The summed E-state index contributed by atoms with van der Waals surface area (Å²) in [6.07, 6.45) is 5.04. The van der Waals surface area contributed by atoms with E-state index in [0.717, 1.165) is 25.2 Å². The van der Waals surface area contributed by atoms with Crippen LogP contribution in [0.4, 0.5) is 5.69 Å². The molecule has 1 unspecified atom stereocenters. The zero-order valence-corrected chi connectivity index (χ0v) is 16.0. The van der Waals surface area contributed by atoms with Crippen LogP contribution in [0.1, 0.15) is 24.8 Å². The number of anilines is 1. The van der Waals surface area contributed by atoms with Gasteiger partial charge in [-0.3, -0.25) is 4.79 Å². The number of carbonyl (C=O) groups excluding carboxylic acids is 1. The van der Waals surface area contributed by atoms with Crippen molar-refractivity contribution in [3.05, 3.63) is 29.3 Å². The number of phenolic OH excluding ortho intramolecular Hbond substituents is 1. The Morgan fingerprint density at radius 1 is 1.39 bits per heavy atom. The zero-order valence-electron chi connectivity index (χ0n) is 16.0. The normalized spacial score (nSPS) is 44.1. The molecule has 146 valence electrons. The van der Waals surface area contributed by atoms with Crippen molar-refractivity contribution in [2.45, 2.75) is 42.9 Å². The zero-order chi connectivity index (χ0) is 18.8. The van der Waals surface area contributed by atoms with Crippen LogP contribution in [0.25, 0.3) is 0 Å². The number of fused-ring (bicyclic) bond motifs is 2. The molecular weight excluding hydrogens is 356 g/mol. The molecule has 7 rings (SSSR count). The molecule has 7 atom stereocenters. The van der Waals surface area contributed by atoms with Gasteiger partial charge in [-0.2, -0.15) is 0 Å². The smallest absolute Gasteiger partial charge is 0.229 e. The standard InChI is InChI=1S/C22H24N2O4/c1-27-16-7-13-14(8-15(16)25)24-19(26)9-17-20-12-6-18-22(13,21(20)24)3-4-23(18)10-11(12)2-5-28-17/h2,7-8,12,17-18,20-21,25H,3-6,9-10H2,1H3/p+1/t12-,17-,18-,20-,21-,22+/m0/s1. The molecule has 1 aromatic rings. The minimum Gasteiger partial charge on any atom is -0.504 e. The Morgan fingerprint density at radius 3 is 3.14 bits per heavy atom. The fourth-order valence-corrected chi connectivity index (χ4v) is 7.95. The van der Waals surface area contributed by atoms with E-state index >= 15 is 0 Å². The lowest BCUT2D eigenvalue weighted by Gasteiger charge is -2.56. The van der Waals surface area contributed by atoms with Crippen LogP contribution in [0, 0.1) is 11.8 Å². The molecule has 28 heavy (non-hydrogen) atoms. The lowest BCUT2D eigenvalue weighted by Crippen LogP contribution is -3.16. The summed E-state index contributed by atoms with van der Waals surface area (Å²) in [4.78, 5) is 17.1. The number of nitrogens with zero attached hydrogens (tertiary/aromatic N) is 1. The Labute approximate surface area is 163 Å². The van der Waals surface area contributed by atoms with Crippen molar-refractivity contribution in [3.63, 3.8) is 0 Å². The van der Waals surface area contributed by atoms with Gasteiger partial charge < -0.3 is 24.4 Å². The Kier molecular flexibility index (Phi) is 2.78. The molecule has 2 N–H and O–H groups in total. The molecule has 1 saturated carbocycles. The van der Waals surface area contributed by atoms with Gasteiger partial charge in [-0.05, 0) is 23.1 Å². The highest BCUT2D eigenvalue weighted by atomic mass is 16.5. The fraction of sp³-hybridized carbons (Fsp3) is 0.591. The number of ether oxygens (including phenoxy) is 2. The second kappa shape index (κ2) is 4.92. The molecule has 1 spiro atoms. The molecule has 5 heterocycles. The Bertz CT molecular complexity index is 958. The predicted molar refractivity (Wildman–Crippen MR) is 101 cm³/mol. The van der Waals surface area contributed by atoms with Crippen LogP contribution in [0.3, 0.4) is 0 Å². The molecule has 3 saturated heterocycles. The maximum Gasteiger partial charge on any atom is 0.229 e. The molecule has 1 aromatic carbocycles. The van der Waals surface area contributed by atoms with Gasteiger partial charge in [0, 0.05) is 24.8 Å². The third-order valence-corrected chi connectivity index (χ3v) is 8.79. The fourth-order valence-electron chi connectivity index (χ4n) is 7.95. The van der Waals surface area contributed by atoms with E-state index in [-0.39, 0.29) is 29.2 Å². The van der Waals surface area contributed by atoms with Crippen LogP contribution >= 0.6 is 0 Å². The molecule has 5 aliphatic heterocycles. The summed E-state index contributed by atoms with van der Waals surface area (Å²) in [7, 11) is 1.60. The molecular formula is C22H25N2O4+. The van der Waals surface area contributed by atoms with E-state index in [1.54, 1.807) is 23.6 Å².